The van der Waals surface area contributed by atoms with Gasteiger partial charge < -0.3 is 0 Å². The highest BCUT2D eigenvalue weighted by Gasteiger charge is 2.33. The molecule has 1 heterocycles. The molecule has 0 amide bonds. The number of nitro groups is 2. The number of aliphatic imine (C=N–C) groups is 2. The van der Waals surface area contributed by atoms with Gasteiger partial charge in [-0.15, -0.1) is 0 Å². The maximum absolute atomic E-state index is 13.4. The maximum Gasteiger partial charge on any atom is 0.276 e. The summed E-state index contributed by atoms with van der Waals surface area (Å²) >= 11 is 0. The lowest BCUT2D eigenvalue weighted by molar-refractivity contribution is -0.385. The monoisotopic (exact) mass is 564 g/mol. The van der Waals surface area contributed by atoms with E-state index >= 15 is 0 Å². The molecule has 41 heavy (non-hydrogen) atoms. The lowest BCUT2D eigenvalue weighted by atomic mass is 10.1. The van der Waals surface area contributed by atoms with Crippen LogP contribution in [0, 0.1) is 20.2 Å². The fourth-order valence-corrected chi connectivity index (χ4v) is 6.06. The topological polar surface area (TPSA) is 145 Å². The summed E-state index contributed by atoms with van der Waals surface area (Å²) in [5, 5.41) is 22.3. The van der Waals surface area contributed by atoms with Gasteiger partial charge in [-0.3, -0.25) is 30.2 Å². The van der Waals surface area contributed by atoms with Gasteiger partial charge in [0, 0.05) is 35.7 Å². The van der Waals surface area contributed by atoms with Gasteiger partial charge in [0.05, 0.1) is 42.1 Å². The number of fused-ring (bicyclic) bond motifs is 3. The van der Waals surface area contributed by atoms with Crippen molar-refractivity contribution in [3.8, 4) is 11.1 Å². The molecule has 4 aromatic carbocycles. The first kappa shape index (κ1) is 27.0. The Morgan fingerprint density at radius 3 is 1.44 bits per heavy atom. The Morgan fingerprint density at radius 2 is 1.02 bits per heavy atom. The molecular formula is C30H20N4O6S. The van der Waals surface area contributed by atoms with E-state index in [-0.39, 0.29) is 21.2 Å². The van der Waals surface area contributed by atoms with Crippen molar-refractivity contribution in [2.24, 2.45) is 9.98 Å². The average Bonchev–Trinajstić information content (AvgIpc) is 3.19. The van der Waals surface area contributed by atoms with Crippen LogP contribution in [0.25, 0.3) is 23.3 Å². The summed E-state index contributed by atoms with van der Waals surface area (Å²) in [5.41, 5.74) is 2.72. The first-order chi connectivity index (χ1) is 19.8. The molecule has 0 radical (unpaired) electrons. The Kier molecular flexibility index (Phi) is 7.44. The predicted molar refractivity (Wildman–Crippen MR) is 158 cm³/mol. The Morgan fingerprint density at radius 1 is 0.610 bits per heavy atom. The van der Waals surface area contributed by atoms with E-state index in [4.69, 9.17) is 0 Å². The molecule has 0 spiro atoms. The lowest BCUT2D eigenvalue weighted by Gasteiger charge is -2.00. The van der Waals surface area contributed by atoms with Crippen LogP contribution in [0.4, 0.5) is 22.7 Å². The van der Waals surface area contributed by atoms with E-state index in [9.17, 15) is 28.6 Å². The van der Waals surface area contributed by atoms with E-state index in [0.717, 1.165) is 0 Å². The van der Waals surface area contributed by atoms with Crippen molar-refractivity contribution in [1.29, 1.82) is 0 Å². The van der Waals surface area contributed by atoms with E-state index < -0.39 is 19.7 Å². The summed E-state index contributed by atoms with van der Waals surface area (Å²) in [7, 11) is -3.82. The summed E-state index contributed by atoms with van der Waals surface area (Å²) in [5.74, 6) is 0. The second-order valence-electron chi connectivity index (χ2n) is 8.77. The Balaban J connectivity index is 1.34. The van der Waals surface area contributed by atoms with Crippen LogP contribution in [0.5, 0.6) is 0 Å². The summed E-state index contributed by atoms with van der Waals surface area (Å²) in [6.07, 6.45) is 9.09. The molecule has 0 aromatic heterocycles. The molecule has 1 aliphatic heterocycles. The fourth-order valence-electron chi connectivity index (χ4n) is 4.33. The molecule has 4 aromatic rings. The van der Waals surface area contributed by atoms with Crippen molar-refractivity contribution in [2.75, 3.05) is 0 Å². The molecule has 1 aliphatic rings. The molecule has 0 saturated carbocycles. The van der Waals surface area contributed by atoms with Crippen LogP contribution in [-0.4, -0.2) is 30.7 Å². The zero-order valence-electron chi connectivity index (χ0n) is 21.2. The minimum absolute atomic E-state index is 0.0292. The highest BCUT2D eigenvalue weighted by molar-refractivity contribution is 7.92. The molecule has 0 aliphatic carbocycles. The van der Waals surface area contributed by atoms with Crippen molar-refractivity contribution in [2.45, 2.75) is 9.79 Å². The van der Waals surface area contributed by atoms with E-state index in [1.165, 1.54) is 36.7 Å². The van der Waals surface area contributed by atoms with E-state index in [1.54, 1.807) is 85.0 Å². The molecule has 0 saturated heterocycles. The molecule has 5 rings (SSSR count). The van der Waals surface area contributed by atoms with Crippen molar-refractivity contribution in [1.82, 2.24) is 0 Å². The van der Waals surface area contributed by atoms with Gasteiger partial charge in [0.25, 0.3) is 11.4 Å². The van der Waals surface area contributed by atoms with Gasteiger partial charge in [-0.25, -0.2) is 8.42 Å². The van der Waals surface area contributed by atoms with E-state index in [1.807, 2.05) is 0 Å². The smallest absolute Gasteiger partial charge is 0.258 e. The number of rotatable bonds is 8. The van der Waals surface area contributed by atoms with Gasteiger partial charge in [-0.1, -0.05) is 36.4 Å². The fraction of sp³-hybridized carbons (Fsp3) is 0. The minimum Gasteiger partial charge on any atom is -0.258 e. The Labute approximate surface area is 234 Å². The number of hydrogen-bond donors (Lipinski definition) is 0. The molecule has 10 nitrogen and oxygen atoms in total. The zero-order valence-corrected chi connectivity index (χ0v) is 22.0. The van der Waals surface area contributed by atoms with Crippen LogP contribution in [0.3, 0.4) is 0 Å². The molecule has 0 bridgehead atoms. The van der Waals surface area contributed by atoms with E-state index in [2.05, 4.69) is 9.98 Å². The number of nitrogens with zero attached hydrogens (tertiary/aromatic N) is 4. The standard InChI is InChI=1S/C30H20N4O6S/c35-33(36)27-11-3-1-7-21(27)9-5-17-31-23-13-15-25-26-16-14-24(20-30(26)41(39,40)29(25)19-23)32-18-6-10-22-8-2-4-12-28(22)34(37)38/h1-20H/b9-5-,10-6-,31-17?,32-18?. The third kappa shape index (κ3) is 5.60. The molecule has 0 atom stereocenters. The van der Waals surface area contributed by atoms with E-state index in [0.29, 0.717) is 33.6 Å². The normalized spacial score (nSPS) is 13.8. The second kappa shape index (κ2) is 11.3. The molecule has 0 N–H and O–H groups in total. The van der Waals surface area contributed by atoms with Crippen molar-refractivity contribution >= 4 is 57.2 Å². The largest absolute Gasteiger partial charge is 0.276 e. The first-order valence-electron chi connectivity index (χ1n) is 12.2. The maximum atomic E-state index is 13.4. The Bertz CT molecular complexity index is 1790. The van der Waals surface area contributed by atoms with Gasteiger partial charge in [0.1, 0.15) is 0 Å². The predicted octanol–water partition coefficient (Wildman–Crippen LogP) is 7.15. The number of hydrogen-bond acceptors (Lipinski definition) is 8. The van der Waals surface area contributed by atoms with Gasteiger partial charge in [0.2, 0.25) is 9.84 Å². The van der Waals surface area contributed by atoms with Crippen molar-refractivity contribution in [3.63, 3.8) is 0 Å². The van der Waals surface area contributed by atoms with Crippen LogP contribution < -0.4 is 0 Å². The summed E-state index contributed by atoms with van der Waals surface area (Å²) < 4.78 is 26.7. The van der Waals surface area contributed by atoms with Crippen molar-refractivity contribution in [3.05, 3.63) is 128 Å². The van der Waals surface area contributed by atoms with Gasteiger partial charge >= 0.3 is 0 Å². The number of allylic oxidation sites excluding steroid dienone is 2. The molecule has 202 valence electrons. The van der Waals surface area contributed by atoms with Gasteiger partial charge in [-0.2, -0.15) is 0 Å². The average molecular weight is 565 g/mol. The lowest BCUT2D eigenvalue weighted by Crippen LogP contribution is -1.96. The third-order valence-electron chi connectivity index (χ3n) is 6.24. The van der Waals surface area contributed by atoms with Gasteiger partial charge in [-0.05, 0) is 60.7 Å². The number of para-hydroxylation sites is 2. The van der Waals surface area contributed by atoms with Crippen LogP contribution in [-0.2, 0) is 9.84 Å². The van der Waals surface area contributed by atoms with Crippen LogP contribution in [0.2, 0.25) is 0 Å². The van der Waals surface area contributed by atoms with Crippen LogP contribution in [0.1, 0.15) is 11.1 Å². The summed E-state index contributed by atoms with van der Waals surface area (Å²) in [6.45, 7) is 0. The SMILES string of the molecule is O=[N+]([O-])c1ccccc1/C=C\C=Nc1ccc2c(c1)S(=O)(=O)c1cc(N=C/C=C\c3ccccc3[N+](=O)[O-])ccc1-2. The first-order valence-corrected chi connectivity index (χ1v) is 13.7. The summed E-state index contributed by atoms with van der Waals surface area (Å²) in [4.78, 5) is 30.2. The number of benzene rings is 4. The van der Waals surface area contributed by atoms with Crippen LogP contribution >= 0.6 is 0 Å². The second-order valence-corrected chi connectivity index (χ2v) is 10.7. The number of nitro benzene ring substituents is 2. The number of sulfone groups is 1. The third-order valence-corrected chi connectivity index (χ3v) is 8.07. The minimum atomic E-state index is -3.82. The summed E-state index contributed by atoms with van der Waals surface area (Å²) in [6, 6.07) is 22.3. The molecular weight excluding hydrogens is 544 g/mol. The van der Waals surface area contributed by atoms with Crippen LogP contribution in [0.15, 0.2) is 117 Å². The van der Waals surface area contributed by atoms with Crippen molar-refractivity contribution < 1.29 is 18.3 Å². The highest BCUT2D eigenvalue weighted by atomic mass is 32.2. The highest BCUT2D eigenvalue weighted by Crippen LogP contribution is 2.45. The molecule has 11 heteroatoms. The Hall–Kier alpha value is -5.55. The molecule has 0 fully saturated rings. The quantitative estimate of drug-likeness (QED) is 0.111. The zero-order chi connectivity index (χ0) is 29.0. The molecule has 0 unspecified atom stereocenters. The van der Waals surface area contributed by atoms with Gasteiger partial charge in [0.15, 0.2) is 0 Å².